The van der Waals surface area contributed by atoms with E-state index in [2.05, 4.69) is 37.7 Å². The Balaban J connectivity index is 0. The largest absolute Gasteiger partial charge is 0.309 e. The fourth-order valence-electron chi connectivity index (χ4n) is 1.95. The van der Waals surface area contributed by atoms with Crippen molar-refractivity contribution in [3.05, 3.63) is 0 Å². The molecule has 0 aromatic rings. The molecule has 1 aliphatic rings. The van der Waals surface area contributed by atoms with Crippen LogP contribution in [0, 0.1) is 0 Å². The van der Waals surface area contributed by atoms with Crippen molar-refractivity contribution in [1.29, 1.82) is 0 Å². The Hall–Kier alpha value is -0.0800. The van der Waals surface area contributed by atoms with Crippen molar-refractivity contribution in [2.24, 2.45) is 0 Å². The number of hydrogen-bond acceptors (Lipinski definition) is 2. The van der Waals surface area contributed by atoms with Gasteiger partial charge in [0.2, 0.25) is 0 Å². The third-order valence-electron chi connectivity index (χ3n) is 2.66. The van der Waals surface area contributed by atoms with Gasteiger partial charge in [-0.1, -0.05) is 27.7 Å². The van der Waals surface area contributed by atoms with E-state index >= 15 is 0 Å². The molecule has 2 nitrogen and oxygen atoms in total. The molecule has 2 heteroatoms. The van der Waals surface area contributed by atoms with Crippen LogP contribution in [0.1, 0.15) is 53.4 Å². The van der Waals surface area contributed by atoms with Crippen molar-refractivity contribution in [1.82, 2.24) is 9.80 Å². The summed E-state index contributed by atoms with van der Waals surface area (Å²) in [6.07, 6.45) is 6.90. The lowest BCUT2D eigenvalue weighted by Gasteiger charge is -2.25. The van der Waals surface area contributed by atoms with Gasteiger partial charge in [0.05, 0.1) is 0 Å². The minimum atomic E-state index is 0. The molecule has 16 heavy (non-hydrogen) atoms. The van der Waals surface area contributed by atoms with E-state index in [0.29, 0.717) is 0 Å². The van der Waals surface area contributed by atoms with Crippen molar-refractivity contribution < 1.29 is 0 Å². The highest BCUT2D eigenvalue weighted by atomic mass is 15.1. The minimum Gasteiger partial charge on any atom is -0.309 e. The van der Waals surface area contributed by atoms with Crippen LogP contribution >= 0.6 is 0 Å². The van der Waals surface area contributed by atoms with Crippen molar-refractivity contribution in [3.8, 4) is 0 Å². The maximum Gasteiger partial charge on any atom is -0.00187 e. The predicted molar refractivity (Wildman–Crippen MR) is 76.2 cm³/mol. The van der Waals surface area contributed by atoms with Crippen LogP contribution in [-0.2, 0) is 0 Å². The second-order valence-electron chi connectivity index (χ2n) is 4.71. The van der Waals surface area contributed by atoms with Gasteiger partial charge < -0.3 is 9.80 Å². The van der Waals surface area contributed by atoms with Gasteiger partial charge in [0.1, 0.15) is 0 Å². The zero-order valence-corrected chi connectivity index (χ0v) is 11.3. The van der Waals surface area contributed by atoms with Gasteiger partial charge in [-0.15, -0.1) is 0 Å². The molecule has 0 amide bonds. The number of nitrogens with zero attached hydrogens (tertiary/aromatic N) is 2. The number of piperidine rings is 1. The Morgan fingerprint density at radius 2 is 1.50 bits per heavy atom. The Morgan fingerprint density at radius 1 is 0.938 bits per heavy atom. The topological polar surface area (TPSA) is 6.48 Å². The minimum absolute atomic E-state index is 0. The second-order valence-corrected chi connectivity index (χ2v) is 4.71. The fraction of sp³-hybridized carbons (Fsp3) is 1.00. The molecular weight excluding hydrogens is 196 g/mol. The highest BCUT2D eigenvalue weighted by Crippen LogP contribution is 2.07. The maximum absolute atomic E-state index is 2.57. The van der Waals surface area contributed by atoms with E-state index in [0.717, 1.165) is 0 Å². The Kier molecular flexibility index (Phi) is 14.8. The van der Waals surface area contributed by atoms with E-state index in [-0.39, 0.29) is 7.43 Å². The maximum atomic E-state index is 2.57. The average Bonchev–Trinajstić information content (AvgIpc) is 2.20. The number of likely N-dealkylation sites (tertiary alicyclic amines) is 1. The van der Waals surface area contributed by atoms with Gasteiger partial charge in [-0.25, -0.2) is 0 Å². The summed E-state index contributed by atoms with van der Waals surface area (Å²) >= 11 is 0. The first kappa shape index (κ1) is 18.3. The summed E-state index contributed by atoms with van der Waals surface area (Å²) in [6, 6.07) is 0. The average molecular weight is 230 g/mol. The zero-order valence-electron chi connectivity index (χ0n) is 11.3. The highest BCUT2D eigenvalue weighted by Gasteiger charge is 2.07. The van der Waals surface area contributed by atoms with Crippen LogP contribution in [-0.4, -0.2) is 50.1 Å². The van der Waals surface area contributed by atoms with Crippen LogP contribution in [0.5, 0.6) is 0 Å². The molecule has 1 heterocycles. The van der Waals surface area contributed by atoms with E-state index in [9.17, 15) is 0 Å². The molecule has 1 saturated heterocycles. The monoisotopic (exact) mass is 230 g/mol. The molecule has 0 atom stereocenters. The smallest absolute Gasteiger partial charge is 0.00187 e. The zero-order chi connectivity index (χ0) is 11.5. The SMILES string of the molecule is C.CCCN(C)C.CCCN1CCCCC1. The first-order valence-electron chi connectivity index (χ1n) is 6.57. The molecule has 0 spiro atoms. The van der Waals surface area contributed by atoms with Crippen molar-refractivity contribution >= 4 is 0 Å². The van der Waals surface area contributed by atoms with E-state index in [1.807, 2.05) is 0 Å². The lowest BCUT2D eigenvalue weighted by atomic mass is 10.1. The molecule has 1 fully saturated rings. The second kappa shape index (κ2) is 13.0. The van der Waals surface area contributed by atoms with Crippen LogP contribution < -0.4 is 0 Å². The summed E-state index contributed by atoms with van der Waals surface area (Å²) in [6.45, 7) is 9.68. The van der Waals surface area contributed by atoms with Crippen LogP contribution in [0.3, 0.4) is 0 Å². The molecule has 0 N–H and O–H groups in total. The first-order chi connectivity index (χ1) is 7.20. The molecule has 1 rings (SSSR count). The molecular formula is C14H34N2. The third kappa shape index (κ3) is 12.0. The molecule has 0 bridgehead atoms. The fourth-order valence-corrected chi connectivity index (χ4v) is 1.95. The van der Waals surface area contributed by atoms with E-state index in [1.165, 1.54) is 58.3 Å². The molecule has 0 radical (unpaired) electrons. The summed E-state index contributed by atoms with van der Waals surface area (Å²) < 4.78 is 0. The first-order valence-corrected chi connectivity index (χ1v) is 6.57. The Bertz CT molecular complexity index is 115. The summed E-state index contributed by atoms with van der Waals surface area (Å²) in [5.41, 5.74) is 0. The molecule has 0 aromatic heterocycles. The number of hydrogen-bond donors (Lipinski definition) is 0. The standard InChI is InChI=1S/C8H17N.C5H13N.CH4/c1-2-6-9-7-4-3-5-8-9;1-4-5-6(2)3;/h2-8H2,1H3;4-5H2,1-3H3;1H4. The van der Waals surface area contributed by atoms with Crippen LogP contribution in [0.2, 0.25) is 0 Å². The Labute approximate surface area is 104 Å². The van der Waals surface area contributed by atoms with E-state index in [4.69, 9.17) is 0 Å². The summed E-state index contributed by atoms with van der Waals surface area (Å²) in [4.78, 5) is 4.75. The van der Waals surface area contributed by atoms with Crippen molar-refractivity contribution in [2.45, 2.75) is 53.4 Å². The van der Waals surface area contributed by atoms with Crippen LogP contribution in [0.25, 0.3) is 0 Å². The molecule has 100 valence electrons. The van der Waals surface area contributed by atoms with Gasteiger partial charge in [-0.3, -0.25) is 0 Å². The quantitative estimate of drug-likeness (QED) is 0.729. The van der Waals surface area contributed by atoms with Gasteiger partial charge >= 0.3 is 0 Å². The molecule has 0 unspecified atom stereocenters. The van der Waals surface area contributed by atoms with Gasteiger partial charge in [0.25, 0.3) is 0 Å². The molecule has 0 saturated carbocycles. The Morgan fingerprint density at radius 3 is 1.81 bits per heavy atom. The van der Waals surface area contributed by atoms with Crippen molar-refractivity contribution in [3.63, 3.8) is 0 Å². The predicted octanol–water partition coefficient (Wildman–Crippen LogP) is 3.48. The highest BCUT2D eigenvalue weighted by molar-refractivity contribution is 4.62. The molecule has 1 aliphatic heterocycles. The van der Waals surface area contributed by atoms with Crippen LogP contribution in [0.15, 0.2) is 0 Å². The van der Waals surface area contributed by atoms with Gasteiger partial charge in [0, 0.05) is 0 Å². The number of rotatable bonds is 4. The van der Waals surface area contributed by atoms with E-state index < -0.39 is 0 Å². The molecule has 0 aromatic carbocycles. The normalized spacial score (nSPS) is 16.3. The van der Waals surface area contributed by atoms with Crippen molar-refractivity contribution in [2.75, 3.05) is 40.3 Å². The van der Waals surface area contributed by atoms with Gasteiger partial charge in [-0.05, 0) is 66.0 Å². The lowest BCUT2D eigenvalue weighted by Crippen LogP contribution is -2.30. The van der Waals surface area contributed by atoms with Gasteiger partial charge in [0.15, 0.2) is 0 Å². The summed E-state index contributed by atoms with van der Waals surface area (Å²) in [7, 11) is 4.17. The molecule has 0 aliphatic carbocycles. The van der Waals surface area contributed by atoms with Crippen LogP contribution in [0.4, 0.5) is 0 Å². The van der Waals surface area contributed by atoms with Gasteiger partial charge in [-0.2, -0.15) is 0 Å². The summed E-state index contributed by atoms with van der Waals surface area (Å²) in [5, 5.41) is 0. The summed E-state index contributed by atoms with van der Waals surface area (Å²) in [5.74, 6) is 0. The van der Waals surface area contributed by atoms with E-state index in [1.54, 1.807) is 0 Å². The lowest BCUT2D eigenvalue weighted by molar-refractivity contribution is 0.229. The third-order valence-corrected chi connectivity index (χ3v) is 2.66.